The average molecular weight is 227 g/mol. The summed E-state index contributed by atoms with van der Waals surface area (Å²) in [7, 11) is -3.67. The molecule has 0 bridgehead atoms. The molecule has 0 saturated heterocycles. The Morgan fingerprint density at radius 1 is 1.40 bits per heavy atom. The smallest absolute Gasteiger partial charge is 0.198 e. The third-order valence-electron chi connectivity index (χ3n) is 1.88. The molecule has 1 aromatic rings. The molecule has 82 valence electrons. The van der Waals surface area contributed by atoms with Crippen molar-refractivity contribution in [1.29, 1.82) is 0 Å². The maximum absolute atomic E-state index is 11.2. The molecule has 0 heterocycles. The average Bonchev–Trinajstić information content (AvgIpc) is 2.21. The van der Waals surface area contributed by atoms with Crippen LogP contribution in [0.3, 0.4) is 0 Å². The van der Waals surface area contributed by atoms with Gasteiger partial charge < -0.3 is 0 Å². The molecular formula is C10H13NO3S. The topological polar surface area (TPSA) is 69.4 Å². The van der Waals surface area contributed by atoms with Gasteiger partial charge >= 0.3 is 0 Å². The highest BCUT2D eigenvalue weighted by Gasteiger charge is 2.12. The summed E-state index contributed by atoms with van der Waals surface area (Å²) >= 11 is 0. The van der Waals surface area contributed by atoms with E-state index in [0.29, 0.717) is 5.56 Å². The van der Waals surface area contributed by atoms with Crippen molar-refractivity contribution < 1.29 is 12.7 Å². The summed E-state index contributed by atoms with van der Waals surface area (Å²) in [5.41, 5.74) is 1.52. The first-order valence-electron chi connectivity index (χ1n) is 4.40. The molecule has 1 rings (SSSR count). The predicted octanol–water partition coefficient (Wildman–Crippen LogP) is 1.44. The molecule has 0 aliphatic heterocycles. The molecule has 0 aliphatic carbocycles. The number of hydrogen-bond donors (Lipinski definition) is 1. The van der Waals surface area contributed by atoms with E-state index in [4.69, 9.17) is 0 Å². The van der Waals surface area contributed by atoms with E-state index in [1.807, 2.05) is 31.2 Å². The Kier molecular flexibility index (Phi) is 4.02. The molecule has 2 N–H and O–H groups in total. The van der Waals surface area contributed by atoms with E-state index in [-0.39, 0.29) is 5.75 Å². The summed E-state index contributed by atoms with van der Waals surface area (Å²) in [6.07, 6.45) is 3.68. The van der Waals surface area contributed by atoms with Gasteiger partial charge in [0.05, 0.1) is 0 Å². The summed E-state index contributed by atoms with van der Waals surface area (Å²) in [4.78, 5) is 0. The van der Waals surface area contributed by atoms with Gasteiger partial charge in [0.15, 0.2) is 0 Å². The minimum atomic E-state index is -3.67. The lowest BCUT2D eigenvalue weighted by atomic mass is 10.1. The van der Waals surface area contributed by atoms with Crippen LogP contribution in [0.2, 0.25) is 0 Å². The second-order valence-corrected chi connectivity index (χ2v) is 4.59. The molecule has 15 heavy (non-hydrogen) atoms. The van der Waals surface area contributed by atoms with Crippen LogP contribution < -0.4 is 5.90 Å². The molecule has 0 atom stereocenters. The number of hydrogen-bond acceptors (Lipinski definition) is 4. The normalized spacial score (nSPS) is 12.1. The monoisotopic (exact) mass is 227 g/mol. The summed E-state index contributed by atoms with van der Waals surface area (Å²) < 4.78 is 26.2. The van der Waals surface area contributed by atoms with Crippen molar-refractivity contribution in [2.24, 2.45) is 5.90 Å². The van der Waals surface area contributed by atoms with Gasteiger partial charge in [0.1, 0.15) is 5.75 Å². The zero-order valence-electron chi connectivity index (χ0n) is 8.38. The fraction of sp³-hybridized carbons (Fsp3) is 0.200. The van der Waals surface area contributed by atoms with E-state index in [1.54, 1.807) is 12.1 Å². The first-order chi connectivity index (χ1) is 7.09. The molecule has 4 nitrogen and oxygen atoms in total. The second-order valence-electron chi connectivity index (χ2n) is 3.00. The number of allylic oxidation sites excluding steroid dienone is 1. The summed E-state index contributed by atoms with van der Waals surface area (Å²) in [6.45, 7) is 1.87. The Morgan fingerprint density at radius 2 is 2.07 bits per heavy atom. The van der Waals surface area contributed by atoms with Crippen molar-refractivity contribution in [1.82, 2.24) is 0 Å². The van der Waals surface area contributed by atoms with Gasteiger partial charge in [0.2, 0.25) is 0 Å². The van der Waals surface area contributed by atoms with Crippen LogP contribution >= 0.6 is 0 Å². The molecule has 0 spiro atoms. The number of nitrogens with two attached hydrogens (primary N) is 1. The Hall–Kier alpha value is -1.17. The van der Waals surface area contributed by atoms with Gasteiger partial charge in [-0.15, -0.1) is 0 Å². The van der Waals surface area contributed by atoms with E-state index in [9.17, 15) is 8.42 Å². The van der Waals surface area contributed by atoms with E-state index in [2.05, 4.69) is 10.2 Å². The van der Waals surface area contributed by atoms with Crippen LogP contribution in [0.15, 0.2) is 30.3 Å². The number of benzene rings is 1. The molecule has 0 aliphatic rings. The summed E-state index contributed by atoms with van der Waals surface area (Å²) in [5, 5.41) is 0. The largest absolute Gasteiger partial charge is 0.287 e. The SMILES string of the molecule is CC=Cc1ccccc1CS(=O)(=O)ON. The highest BCUT2D eigenvalue weighted by atomic mass is 32.2. The summed E-state index contributed by atoms with van der Waals surface area (Å²) in [6, 6.07) is 7.18. The van der Waals surface area contributed by atoms with Gasteiger partial charge in [-0.3, -0.25) is 0 Å². The van der Waals surface area contributed by atoms with Crippen LogP contribution in [-0.4, -0.2) is 8.42 Å². The second kappa shape index (κ2) is 5.06. The van der Waals surface area contributed by atoms with Crippen molar-refractivity contribution in [3.8, 4) is 0 Å². The van der Waals surface area contributed by atoms with Crippen LogP contribution in [0.5, 0.6) is 0 Å². The standard InChI is InChI=1S/C10H13NO3S/c1-2-5-9-6-3-4-7-10(9)8-15(12,13)14-11/h2-7H,8,11H2,1H3. The molecule has 0 unspecified atom stereocenters. The van der Waals surface area contributed by atoms with Crippen molar-refractivity contribution in [2.75, 3.05) is 0 Å². The minimum absolute atomic E-state index is 0.218. The Balaban J connectivity index is 3.04. The first-order valence-corrected chi connectivity index (χ1v) is 5.98. The lowest BCUT2D eigenvalue weighted by molar-refractivity contribution is 0.332. The molecule has 1 aromatic carbocycles. The van der Waals surface area contributed by atoms with Gasteiger partial charge in [0.25, 0.3) is 10.1 Å². The first kappa shape index (κ1) is 11.9. The molecule has 0 amide bonds. The Labute approximate surface area is 89.4 Å². The minimum Gasteiger partial charge on any atom is -0.198 e. The van der Waals surface area contributed by atoms with Crippen molar-refractivity contribution in [2.45, 2.75) is 12.7 Å². The van der Waals surface area contributed by atoms with E-state index in [1.165, 1.54) is 0 Å². The third kappa shape index (κ3) is 3.47. The molecule has 0 saturated carbocycles. The Morgan fingerprint density at radius 3 is 2.67 bits per heavy atom. The van der Waals surface area contributed by atoms with Crippen LogP contribution in [0.1, 0.15) is 18.1 Å². The van der Waals surface area contributed by atoms with Crippen molar-refractivity contribution >= 4 is 16.2 Å². The quantitative estimate of drug-likeness (QED) is 0.790. The highest BCUT2D eigenvalue weighted by Crippen LogP contribution is 2.14. The van der Waals surface area contributed by atoms with E-state index >= 15 is 0 Å². The molecular weight excluding hydrogens is 214 g/mol. The van der Waals surface area contributed by atoms with E-state index in [0.717, 1.165) is 5.56 Å². The van der Waals surface area contributed by atoms with Gasteiger partial charge in [-0.25, -0.2) is 0 Å². The third-order valence-corrected chi connectivity index (χ3v) is 2.84. The molecule has 0 aromatic heterocycles. The summed E-state index contributed by atoms with van der Waals surface area (Å²) in [5.74, 6) is 4.45. The maximum Gasteiger partial charge on any atom is 0.287 e. The Bertz CT molecular complexity index is 451. The fourth-order valence-electron chi connectivity index (χ4n) is 1.23. The zero-order chi connectivity index (χ0) is 11.3. The number of rotatable bonds is 4. The molecule has 0 radical (unpaired) electrons. The fourth-order valence-corrected chi connectivity index (χ4v) is 1.94. The zero-order valence-corrected chi connectivity index (χ0v) is 9.20. The lowest BCUT2D eigenvalue weighted by Crippen LogP contribution is -2.13. The lowest BCUT2D eigenvalue weighted by Gasteiger charge is -2.04. The van der Waals surface area contributed by atoms with Crippen LogP contribution in [-0.2, 0) is 20.2 Å². The van der Waals surface area contributed by atoms with Crippen LogP contribution in [0.25, 0.3) is 6.08 Å². The van der Waals surface area contributed by atoms with Gasteiger partial charge in [-0.05, 0) is 18.1 Å². The maximum atomic E-state index is 11.2. The van der Waals surface area contributed by atoms with E-state index < -0.39 is 10.1 Å². The highest BCUT2D eigenvalue weighted by molar-refractivity contribution is 7.85. The van der Waals surface area contributed by atoms with Crippen molar-refractivity contribution in [3.63, 3.8) is 0 Å². The van der Waals surface area contributed by atoms with Crippen LogP contribution in [0, 0.1) is 0 Å². The van der Waals surface area contributed by atoms with Crippen molar-refractivity contribution in [3.05, 3.63) is 41.5 Å². The predicted molar refractivity (Wildman–Crippen MR) is 59.0 cm³/mol. The van der Waals surface area contributed by atoms with Gasteiger partial charge in [-0.2, -0.15) is 18.6 Å². The molecule has 5 heteroatoms. The van der Waals surface area contributed by atoms with Gasteiger partial charge in [0, 0.05) is 0 Å². The molecule has 0 fully saturated rings. The van der Waals surface area contributed by atoms with Gasteiger partial charge in [-0.1, -0.05) is 36.4 Å². The van der Waals surface area contributed by atoms with Crippen LogP contribution in [0.4, 0.5) is 0 Å².